The van der Waals surface area contributed by atoms with Gasteiger partial charge >= 0.3 is 5.97 Å². The van der Waals surface area contributed by atoms with Crippen LogP contribution in [0, 0.1) is 0 Å². The summed E-state index contributed by atoms with van der Waals surface area (Å²) in [5.74, 6) is -1.18. The second kappa shape index (κ2) is 5.83. The number of aromatic amines is 1. The van der Waals surface area contributed by atoms with Crippen molar-refractivity contribution in [3.63, 3.8) is 0 Å². The molecular formula is C12H12BrN3O3. The number of hydrogen-bond acceptors (Lipinski definition) is 3. The van der Waals surface area contributed by atoms with Crippen molar-refractivity contribution in [1.29, 1.82) is 0 Å². The number of amides is 1. The zero-order valence-electron chi connectivity index (χ0n) is 9.94. The molecule has 2 aromatic rings. The molecule has 0 bridgehead atoms. The van der Waals surface area contributed by atoms with Gasteiger partial charge in [0, 0.05) is 22.8 Å². The van der Waals surface area contributed by atoms with E-state index in [1.54, 1.807) is 0 Å². The fraction of sp³-hybridized carbons (Fsp3) is 0.250. The Labute approximate surface area is 117 Å². The van der Waals surface area contributed by atoms with Gasteiger partial charge in [0.05, 0.1) is 5.52 Å². The lowest BCUT2D eigenvalue weighted by Crippen LogP contribution is -2.25. The number of carboxylic acid groups (broad SMARTS) is 1. The highest BCUT2D eigenvalue weighted by atomic mass is 79.9. The highest BCUT2D eigenvalue weighted by Gasteiger charge is 2.13. The van der Waals surface area contributed by atoms with E-state index in [2.05, 4.69) is 31.4 Å². The van der Waals surface area contributed by atoms with E-state index in [9.17, 15) is 9.59 Å². The Hall–Kier alpha value is -1.89. The monoisotopic (exact) mass is 325 g/mol. The van der Waals surface area contributed by atoms with Crippen molar-refractivity contribution < 1.29 is 14.7 Å². The maximum atomic E-state index is 11.9. The van der Waals surface area contributed by atoms with Crippen LogP contribution in [0.25, 0.3) is 10.9 Å². The van der Waals surface area contributed by atoms with Crippen molar-refractivity contribution in [3.8, 4) is 0 Å². The Balaban J connectivity index is 2.05. The molecule has 0 spiro atoms. The number of H-pyrrole nitrogens is 1. The Morgan fingerprint density at radius 2 is 2.21 bits per heavy atom. The van der Waals surface area contributed by atoms with Gasteiger partial charge in [0.15, 0.2) is 5.69 Å². The van der Waals surface area contributed by atoms with E-state index >= 15 is 0 Å². The molecule has 0 fully saturated rings. The Bertz CT molecular complexity index is 624. The third-order valence-electron chi connectivity index (χ3n) is 2.59. The van der Waals surface area contributed by atoms with Crippen LogP contribution < -0.4 is 5.32 Å². The average molecular weight is 326 g/mol. The van der Waals surface area contributed by atoms with Gasteiger partial charge in [-0.25, -0.2) is 0 Å². The molecule has 1 aromatic heterocycles. The van der Waals surface area contributed by atoms with Crippen LogP contribution >= 0.6 is 15.9 Å². The van der Waals surface area contributed by atoms with Crippen LogP contribution in [0.4, 0.5) is 0 Å². The number of rotatable bonds is 5. The van der Waals surface area contributed by atoms with Gasteiger partial charge < -0.3 is 10.4 Å². The fourth-order valence-corrected chi connectivity index (χ4v) is 2.05. The maximum absolute atomic E-state index is 11.9. The van der Waals surface area contributed by atoms with Crippen molar-refractivity contribution in [3.05, 3.63) is 28.4 Å². The molecule has 0 saturated heterocycles. The predicted molar refractivity (Wildman–Crippen MR) is 73.0 cm³/mol. The number of nitrogens with zero attached hydrogens (tertiary/aromatic N) is 1. The second-order valence-electron chi connectivity index (χ2n) is 4.02. The third-order valence-corrected chi connectivity index (χ3v) is 3.09. The number of halogens is 1. The molecule has 0 radical (unpaired) electrons. The van der Waals surface area contributed by atoms with E-state index in [0.29, 0.717) is 18.7 Å². The van der Waals surface area contributed by atoms with E-state index < -0.39 is 5.97 Å². The molecule has 0 aliphatic carbocycles. The van der Waals surface area contributed by atoms with E-state index in [1.807, 2.05) is 18.2 Å². The average Bonchev–Trinajstić information content (AvgIpc) is 2.77. The molecule has 1 aromatic carbocycles. The zero-order valence-corrected chi connectivity index (χ0v) is 11.5. The minimum Gasteiger partial charge on any atom is -0.481 e. The first-order valence-corrected chi connectivity index (χ1v) is 6.51. The molecule has 2 rings (SSSR count). The van der Waals surface area contributed by atoms with Gasteiger partial charge in [0.25, 0.3) is 5.91 Å². The summed E-state index contributed by atoms with van der Waals surface area (Å²) < 4.78 is 0.862. The molecular weight excluding hydrogens is 314 g/mol. The number of nitrogens with one attached hydrogen (secondary N) is 2. The summed E-state index contributed by atoms with van der Waals surface area (Å²) in [6.45, 7) is 0.313. The molecule has 0 saturated carbocycles. The van der Waals surface area contributed by atoms with Crippen LogP contribution in [0.3, 0.4) is 0 Å². The molecule has 19 heavy (non-hydrogen) atoms. The summed E-state index contributed by atoms with van der Waals surface area (Å²) in [6, 6.07) is 5.49. The Morgan fingerprint density at radius 3 is 2.95 bits per heavy atom. The highest BCUT2D eigenvalue weighted by molar-refractivity contribution is 9.10. The molecule has 0 atom stereocenters. The lowest BCUT2D eigenvalue weighted by molar-refractivity contribution is -0.137. The van der Waals surface area contributed by atoms with Crippen molar-refractivity contribution in [2.75, 3.05) is 6.54 Å². The van der Waals surface area contributed by atoms with E-state index in [-0.39, 0.29) is 12.3 Å². The number of hydrogen-bond donors (Lipinski definition) is 3. The summed E-state index contributed by atoms with van der Waals surface area (Å²) in [4.78, 5) is 22.3. The van der Waals surface area contributed by atoms with Gasteiger partial charge in [-0.15, -0.1) is 0 Å². The normalized spacial score (nSPS) is 10.6. The van der Waals surface area contributed by atoms with E-state index in [4.69, 9.17) is 5.11 Å². The van der Waals surface area contributed by atoms with Gasteiger partial charge in [-0.05, 0) is 24.6 Å². The van der Waals surface area contributed by atoms with Crippen molar-refractivity contribution >= 4 is 38.7 Å². The van der Waals surface area contributed by atoms with Crippen LogP contribution in [-0.4, -0.2) is 33.7 Å². The summed E-state index contributed by atoms with van der Waals surface area (Å²) in [6.07, 6.45) is 0.431. The largest absolute Gasteiger partial charge is 0.481 e. The molecule has 7 heteroatoms. The van der Waals surface area contributed by atoms with Crippen LogP contribution in [0.2, 0.25) is 0 Å². The molecule has 0 aliphatic rings. The molecule has 1 heterocycles. The quantitative estimate of drug-likeness (QED) is 0.732. The Kier molecular flexibility index (Phi) is 4.16. The van der Waals surface area contributed by atoms with Crippen LogP contribution in [0.15, 0.2) is 22.7 Å². The topological polar surface area (TPSA) is 95.1 Å². The third kappa shape index (κ3) is 3.31. The summed E-state index contributed by atoms with van der Waals surface area (Å²) in [5.41, 5.74) is 1.09. The first kappa shape index (κ1) is 13.5. The molecule has 100 valence electrons. The smallest absolute Gasteiger partial charge is 0.303 e. The summed E-state index contributed by atoms with van der Waals surface area (Å²) in [7, 11) is 0. The lowest BCUT2D eigenvalue weighted by atomic mass is 10.2. The van der Waals surface area contributed by atoms with Gasteiger partial charge in [0.2, 0.25) is 0 Å². The van der Waals surface area contributed by atoms with Gasteiger partial charge in [0.1, 0.15) is 0 Å². The first-order chi connectivity index (χ1) is 9.08. The minimum atomic E-state index is -0.872. The Morgan fingerprint density at radius 1 is 1.42 bits per heavy atom. The number of carboxylic acids is 1. The molecule has 1 amide bonds. The van der Waals surface area contributed by atoms with E-state index in [0.717, 1.165) is 15.4 Å². The summed E-state index contributed by atoms with van der Waals surface area (Å²) >= 11 is 3.34. The number of aromatic nitrogens is 2. The first-order valence-electron chi connectivity index (χ1n) is 5.71. The SMILES string of the molecule is O=C(O)CCCNC(=O)c1n[nH]c2ccc(Br)cc12. The van der Waals surface area contributed by atoms with Crippen LogP contribution in [-0.2, 0) is 4.79 Å². The number of benzene rings is 1. The minimum absolute atomic E-state index is 0.0349. The molecule has 0 aliphatic heterocycles. The molecule has 3 N–H and O–H groups in total. The van der Waals surface area contributed by atoms with Crippen LogP contribution in [0.1, 0.15) is 23.3 Å². The van der Waals surface area contributed by atoms with Crippen molar-refractivity contribution in [2.24, 2.45) is 0 Å². The van der Waals surface area contributed by atoms with Crippen molar-refractivity contribution in [1.82, 2.24) is 15.5 Å². The van der Waals surface area contributed by atoms with Gasteiger partial charge in [-0.2, -0.15) is 5.10 Å². The number of aliphatic carboxylic acids is 1. The highest BCUT2D eigenvalue weighted by Crippen LogP contribution is 2.20. The van der Waals surface area contributed by atoms with Gasteiger partial charge in [-0.1, -0.05) is 15.9 Å². The number of carbonyl (C=O) groups excluding carboxylic acids is 1. The fourth-order valence-electron chi connectivity index (χ4n) is 1.68. The van der Waals surface area contributed by atoms with Crippen molar-refractivity contribution in [2.45, 2.75) is 12.8 Å². The summed E-state index contributed by atoms with van der Waals surface area (Å²) in [5, 5.41) is 18.6. The second-order valence-corrected chi connectivity index (χ2v) is 4.93. The standard InChI is InChI=1S/C12H12BrN3O3/c13-7-3-4-9-8(6-7)11(16-15-9)12(19)14-5-1-2-10(17)18/h3-4,6H,1-2,5H2,(H,14,19)(H,15,16)(H,17,18). The van der Waals surface area contributed by atoms with Crippen LogP contribution in [0.5, 0.6) is 0 Å². The molecule has 6 nitrogen and oxygen atoms in total. The number of carbonyl (C=O) groups is 2. The van der Waals surface area contributed by atoms with E-state index in [1.165, 1.54) is 0 Å². The maximum Gasteiger partial charge on any atom is 0.303 e. The van der Waals surface area contributed by atoms with Gasteiger partial charge in [-0.3, -0.25) is 14.7 Å². The predicted octanol–water partition coefficient (Wildman–Crippen LogP) is 1.92. The molecule has 0 unspecified atom stereocenters. The lowest BCUT2D eigenvalue weighted by Gasteiger charge is -2.02. The zero-order chi connectivity index (χ0) is 13.8. The number of fused-ring (bicyclic) bond motifs is 1.